The molecular formula is C13H21NO4S. The van der Waals surface area contributed by atoms with Crippen LogP contribution < -0.4 is 9.46 Å². The first kappa shape index (κ1) is 15.9. The summed E-state index contributed by atoms with van der Waals surface area (Å²) in [4.78, 5) is 0. The molecule has 1 aromatic carbocycles. The van der Waals surface area contributed by atoms with Crippen molar-refractivity contribution >= 4 is 10.0 Å². The number of rotatable bonds is 9. The highest BCUT2D eigenvalue weighted by atomic mass is 32.2. The number of methoxy groups -OCH3 is 1. The third-order valence-electron chi connectivity index (χ3n) is 2.72. The number of ether oxygens (including phenoxy) is 1. The summed E-state index contributed by atoms with van der Waals surface area (Å²) in [6.07, 6.45) is 1.64. The summed E-state index contributed by atoms with van der Waals surface area (Å²) in [5.74, 6) is 0.851. The van der Waals surface area contributed by atoms with Crippen LogP contribution in [0.3, 0.4) is 0 Å². The highest BCUT2D eigenvalue weighted by Crippen LogP contribution is 2.11. The Morgan fingerprint density at radius 3 is 2.47 bits per heavy atom. The number of aliphatic hydroxyl groups is 1. The Bertz CT molecular complexity index is 456. The molecule has 0 amide bonds. The second-order valence-corrected chi connectivity index (χ2v) is 6.17. The molecule has 1 aromatic rings. The Kier molecular flexibility index (Phi) is 6.83. The summed E-state index contributed by atoms with van der Waals surface area (Å²) >= 11 is 0. The molecule has 0 heterocycles. The van der Waals surface area contributed by atoms with Gasteiger partial charge in [0.15, 0.2) is 0 Å². The van der Waals surface area contributed by atoms with Gasteiger partial charge in [0.25, 0.3) is 0 Å². The maximum atomic E-state index is 11.6. The van der Waals surface area contributed by atoms with Gasteiger partial charge < -0.3 is 9.84 Å². The molecular weight excluding hydrogens is 266 g/mol. The van der Waals surface area contributed by atoms with Crippen LogP contribution >= 0.6 is 0 Å². The van der Waals surface area contributed by atoms with E-state index >= 15 is 0 Å². The van der Waals surface area contributed by atoms with E-state index in [2.05, 4.69) is 4.72 Å². The van der Waals surface area contributed by atoms with Gasteiger partial charge in [-0.3, -0.25) is 0 Å². The summed E-state index contributed by atoms with van der Waals surface area (Å²) in [6.45, 7) is 0.412. The van der Waals surface area contributed by atoms with Crippen LogP contribution in [0.5, 0.6) is 5.75 Å². The molecule has 0 saturated carbocycles. The van der Waals surface area contributed by atoms with E-state index in [-0.39, 0.29) is 12.4 Å². The van der Waals surface area contributed by atoms with Crippen LogP contribution in [-0.2, 0) is 16.4 Å². The maximum Gasteiger partial charge on any atom is 0.211 e. The summed E-state index contributed by atoms with van der Waals surface area (Å²) in [6, 6.07) is 7.54. The lowest BCUT2D eigenvalue weighted by Crippen LogP contribution is -2.28. The molecule has 0 bridgehead atoms. The van der Waals surface area contributed by atoms with Crippen LogP contribution in [0.1, 0.15) is 18.4 Å². The first-order valence-electron chi connectivity index (χ1n) is 6.28. The lowest BCUT2D eigenvalue weighted by atomic mass is 10.1. The lowest BCUT2D eigenvalue weighted by molar-refractivity contribution is 0.287. The molecule has 6 heteroatoms. The van der Waals surface area contributed by atoms with Crippen LogP contribution in [0.15, 0.2) is 24.3 Å². The van der Waals surface area contributed by atoms with Gasteiger partial charge in [0.1, 0.15) is 5.75 Å². The van der Waals surface area contributed by atoms with Crippen molar-refractivity contribution in [3.05, 3.63) is 29.8 Å². The zero-order valence-electron chi connectivity index (χ0n) is 11.1. The molecule has 0 aliphatic heterocycles. The van der Waals surface area contributed by atoms with E-state index in [0.717, 1.165) is 11.3 Å². The Morgan fingerprint density at radius 1 is 1.21 bits per heavy atom. The number of hydrogen-bond acceptors (Lipinski definition) is 4. The van der Waals surface area contributed by atoms with E-state index in [0.29, 0.717) is 25.8 Å². The first-order chi connectivity index (χ1) is 9.07. The monoisotopic (exact) mass is 287 g/mol. The average molecular weight is 287 g/mol. The van der Waals surface area contributed by atoms with Crippen molar-refractivity contribution in [3.63, 3.8) is 0 Å². The lowest BCUT2D eigenvalue weighted by Gasteiger charge is -2.07. The quantitative estimate of drug-likeness (QED) is 0.663. The summed E-state index contributed by atoms with van der Waals surface area (Å²) < 4.78 is 30.8. The topological polar surface area (TPSA) is 75.6 Å². The number of nitrogens with one attached hydrogen (secondary N) is 1. The molecule has 0 fully saturated rings. The van der Waals surface area contributed by atoms with E-state index in [1.165, 1.54) is 0 Å². The third-order valence-corrected chi connectivity index (χ3v) is 4.19. The van der Waals surface area contributed by atoms with E-state index in [1.54, 1.807) is 7.11 Å². The minimum atomic E-state index is -3.22. The first-order valence-corrected chi connectivity index (χ1v) is 7.94. The van der Waals surface area contributed by atoms with Crippen LogP contribution in [0.25, 0.3) is 0 Å². The molecule has 0 spiro atoms. The number of hydrogen-bond donors (Lipinski definition) is 2. The van der Waals surface area contributed by atoms with Gasteiger partial charge in [-0.25, -0.2) is 13.1 Å². The predicted molar refractivity (Wildman–Crippen MR) is 74.8 cm³/mol. The predicted octanol–water partition coefficient (Wildman–Crippen LogP) is 0.930. The van der Waals surface area contributed by atoms with Crippen molar-refractivity contribution in [3.8, 4) is 5.75 Å². The maximum absolute atomic E-state index is 11.6. The molecule has 0 radical (unpaired) electrons. The van der Waals surface area contributed by atoms with Crippen molar-refractivity contribution in [2.75, 3.05) is 26.0 Å². The Balaban J connectivity index is 2.32. The fourth-order valence-corrected chi connectivity index (χ4v) is 2.76. The van der Waals surface area contributed by atoms with Gasteiger partial charge in [-0.05, 0) is 37.0 Å². The number of benzene rings is 1. The Labute approximate surface area is 114 Å². The number of unbranched alkanes of at least 4 members (excludes halogenated alkanes) is 1. The molecule has 0 aromatic heterocycles. The van der Waals surface area contributed by atoms with Crippen molar-refractivity contribution in [1.82, 2.24) is 4.72 Å². The largest absolute Gasteiger partial charge is 0.497 e. The van der Waals surface area contributed by atoms with Gasteiger partial charge in [-0.15, -0.1) is 0 Å². The molecule has 0 aliphatic carbocycles. The highest BCUT2D eigenvalue weighted by molar-refractivity contribution is 7.89. The zero-order valence-corrected chi connectivity index (χ0v) is 11.9. The molecule has 19 heavy (non-hydrogen) atoms. The molecule has 0 aliphatic rings. The summed E-state index contributed by atoms with van der Waals surface area (Å²) in [5, 5.41) is 8.61. The standard InChI is InChI=1S/C13H21NO4S/c1-18-13-6-4-12(5-7-13)8-9-14-19(16,17)11-3-2-10-15/h4-7,14-15H,2-3,8-11H2,1H3. The summed E-state index contributed by atoms with van der Waals surface area (Å²) in [5.41, 5.74) is 1.05. The fraction of sp³-hybridized carbons (Fsp3) is 0.538. The van der Waals surface area contributed by atoms with Crippen molar-refractivity contribution in [1.29, 1.82) is 0 Å². The molecule has 108 valence electrons. The van der Waals surface area contributed by atoms with Gasteiger partial charge in [0.2, 0.25) is 10.0 Å². The molecule has 0 saturated heterocycles. The van der Waals surface area contributed by atoms with Gasteiger partial charge in [0, 0.05) is 13.2 Å². The summed E-state index contributed by atoms with van der Waals surface area (Å²) in [7, 11) is -1.62. The SMILES string of the molecule is COc1ccc(CCNS(=O)(=O)CCCCO)cc1. The minimum absolute atomic E-state index is 0.0291. The van der Waals surface area contributed by atoms with Crippen LogP contribution in [0.2, 0.25) is 0 Å². The van der Waals surface area contributed by atoms with Crippen molar-refractivity contribution in [2.24, 2.45) is 0 Å². The van der Waals surface area contributed by atoms with Gasteiger partial charge in [0.05, 0.1) is 12.9 Å². The van der Waals surface area contributed by atoms with Gasteiger partial charge in [-0.1, -0.05) is 12.1 Å². The smallest absolute Gasteiger partial charge is 0.211 e. The van der Waals surface area contributed by atoms with Crippen LogP contribution in [0.4, 0.5) is 0 Å². The van der Waals surface area contributed by atoms with Crippen molar-refractivity contribution < 1.29 is 18.3 Å². The normalized spacial score (nSPS) is 11.5. The van der Waals surface area contributed by atoms with Crippen molar-refractivity contribution in [2.45, 2.75) is 19.3 Å². The Morgan fingerprint density at radius 2 is 1.89 bits per heavy atom. The van der Waals surface area contributed by atoms with E-state index in [4.69, 9.17) is 9.84 Å². The third kappa shape index (κ3) is 6.56. The molecule has 0 unspecified atom stereocenters. The van der Waals surface area contributed by atoms with Gasteiger partial charge >= 0.3 is 0 Å². The molecule has 1 rings (SSSR count). The van der Waals surface area contributed by atoms with Crippen LogP contribution in [0, 0.1) is 0 Å². The number of sulfonamides is 1. The minimum Gasteiger partial charge on any atom is -0.497 e. The average Bonchev–Trinajstić information content (AvgIpc) is 2.39. The number of aliphatic hydroxyl groups excluding tert-OH is 1. The zero-order chi connectivity index (χ0) is 14.1. The second kappa shape index (κ2) is 8.14. The molecule has 2 N–H and O–H groups in total. The van der Waals surface area contributed by atoms with Crippen LogP contribution in [-0.4, -0.2) is 39.5 Å². The fourth-order valence-electron chi connectivity index (χ4n) is 1.62. The second-order valence-electron chi connectivity index (χ2n) is 4.24. The highest BCUT2D eigenvalue weighted by Gasteiger charge is 2.08. The molecule has 5 nitrogen and oxygen atoms in total. The van der Waals surface area contributed by atoms with E-state index < -0.39 is 10.0 Å². The van der Waals surface area contributed by atoms with E-state index in [1.807, 2.05) is 24.3 Å². The van der Waals surface area contributed by atoms with E-state index in [9.17, 15) is 8.42 Å². The Hall–Kier alpha value is -1.11. The molecule has 0 atom stereocenters. The van der Waals surface area contributed by atoms with Gasteiger partial charge in [-0.2, -0.15) is 0 Å².